The molecule has 29 heavy (non-hydrogen) atoms. The summed E-state index contributed by atoms with van der Waals surface area (Å²) in [5.74, 6) is 0.265. The number of rotatable bonds is 9. The molecule has 1 amide bonds. The Kier molecular flexibility index (Phi) is 8.27. The minimum atomic E-state index is -0.604. The van der Waals surface area contributed by atoms with Crippen molar-refractivity contribution < 1.29 is 23.8 Å². The van der Waals surface area contributed by atoms with Gasteiger partial charge in [-0.1, -0.05) is 23.8 Å². The SMILES string of the molecule is CCOc1ccc(/C=C/C(=O)OCC(=O)Nc2ccc(C)cc2C)cc1OCC. The van der Waals surface area contributed by atoms with Crippen LogP contribution in [0.5, 0.6) is 11.5 Å². The summed E-state index contributed by atoms with van der Waals surface area (Å²) in [6.07, 6.45) is 2.87. The fraction of sp³-hybridized carbons (Fsp3) is 0.304. The number of nitrogens with one attached hydrogen (secondary N) is 1. The molecule has 6 heteroatoms. The molecule has 0 aliphatic heterocycles. The largest absolute Gasteiger partial charge is 0.490 e. The van der Waals surface area contributed by atoms with Gasteiger partial charge in [0.15, 0.2) is 18.1 Å². The molecule has 0 saturated carbocycles. The fourth-order valence-electron chi connectivity index (χ4n) is 2.66. The summed E-state index contributed by atoms with van der Waals surface area (Å²) in [5.41, 5.74) is 3.52. The van der Waals surface area contributed by atoms with E-state index in [-0.39, 0.29) is 6.61 Å². The lowest BCUT2D eigenvalue weighted by atomic mass is 10.1. The van der Waals surface area contributed by atoms with Gasteiger partial charge in [-0.05, 0) is 63.1 Å². The van der Waals surface area contributed by atoms with E-state index in [1.807, 2.05) is 52.0 Å². The first-order chi connectivity index (χ1) is 13.9. The van der Waals surface area contributed by atoms with E-state index in [1.165, 1.54) is 6.08 Å². The van der Waals surface area contributed by atoms with E-state index >= 15 is 0 Å². The summed E-state index contributed by atoms with van der Waals surface area (Å²) >= 11 is 0. The quantitative estimate of drug-likeness (QED) is 0.505. The average molecular weight is 397 g/mol. The Labute approximate surface area is 171 Å². The van der Waals surface area contributed by atoms with Crippen LogP contribution in [0, 0.1) is 13.8 Å². The molecule has 0 bridgehead atoms. The first kappa shape index (κ1) is 22.0. The first-order valence-electron chi connectivity index (χ1n) is 9.54. The van der Waals surface area contributed by atoms with Crippen LogP contribution in [-0.2, 0) is 14.3 Å². The number of anilines is 1. The van der Waals surface area contributed by atoms with Gasteiger partial charge in [0.25, 0.3) is 5.91 Å². The number of amides is 1. The zero-order valence-corrected chi connectivity index (χ0v) is 17.3. The number of aryl methyl sites for hydroxylation is 2. The van der Waals surface area contributed by atoms with Crippen molar-refractivity contribution in [3.05, 3.63) is 59.2 Å². The van der Waals surface area contributed by atoms with E-state index in [9.17, 15) is 9.59 Å². The van der Waals surface area contributed by atoms with Gasteiger partial charge in [-0.2, -0.15) is 0 Å². The lowest BCUT2D eigenvalue weighted by molar-refractivity contribution is -0.142. The normalized spacial score (nSPS) is 10.6. The van der Waals surface area contributed by atoms with Crippen molar-refractivity contribution in [3.8, 4) is 11.5 Å². The van der Waals surface area contributed by atoms with E-state index in [1.54, 1.807) is 18.2 Å². The predicted molar refractivity (Wildman–Crippen MR) is 113 cm³/mol. The van der Waals surface area contributed by atoms with Crippen LogP contribution in [0.3, 0.4) is 0 Å². The molecule has 0 aromatic heterocycles. The summed E-state index contributed by atoms with van der Waals surface area (Å²) in [4.78, 5) is 23.9. The highest BCUT2D eigenvalue weighted by molar-refractivity contribution is 5.95. The number of benzene rings is 2. The van der Waals surface area contributed by atoms with E-state index in [0.717, 1.165) is 16.7 Å². The van der Waals surface area contributed by atoms with Crippen molar-refractivity contribution in [2.45, 2.75) is 27.7 Å². The van der Waals surface area contributed by atoms with E-state index in [4.69, 9.17) is 14.2 Å². The number of ether oxygens (including phenoxy) is 3. The van der Waals surface area contributed by atoms with Gasteiger partial charge in [0.1, 0.15) is 0 Å². The Morgan fingerprint density at radius 2 is 1.69 bits per heavy atom. The minimum Gasteiger partial charge on any atom is -0.490 e. The van der Waals surface area contributed by atoms with Gasteiger partial charge in [-0.15, -0.1) is 0 Å². The van der Waals surface area contributed by atoms with Crippen LogP contribution in [-0.4, -0.2) is 31.7 Å². The van der Waals surface area contributed by atoms with Crippen molar-refractivity contribution in [2.24, 2.45) is 0 Å². The Bertz CT molecular complexity index is 889. The Hall–Kier alpha value is -3.28. The van der Waals surface area contributed by atoms with E-state index < -0.39 is 11.9 Å². The number of hydrogen-bond donors (Lipinski definition) is 1. The third-order valence-corrected chi connectivity index (χ3v) is 3.98. The summed E-state index contributed by atoms with van der Waals surface area (Å²) < 4.78 is 16.1. The average Bonchev–Trinajstić information content (AvgIpc) is 2.69. The van der Waals surface area contributed by atoms with Gasteiger partial charge >= 0.3 is 5.97 Å². The number of esters is 1. The lowest BCUT2D eigenvalue weighted by Gasteiger charge is -2.11. The molecule has 0 unspecified atom stereocenters. The molecule has 2 aromatic carbocycles. The topological polar surface area (TPSA) is 73.9 Å². The molecule has 0 fully saturated rings. The third-order valence-electron chi connectivity index (χ3n) is 3.98. The third kappa shape index (κ3) is 6.99. The molecule has 2 aromatic rings. The van der Waals surface area contributed by atoms with Crippen LogP contribution in [0.4, 0.5) is 5.69 Å². The first-order valence-corrected chi connectivity index (χ1v) is 9.54. The standard InChI is InChI=1S/C23H27NO5/c1-5-27-20-11-8-18(14-21(20)28-6-2)9-12-23(26)29-15-22(25)24-19-10-7-16(3)13-17(19)4/h7-14H,5-6,15H2,1-4H3,(H,24,25)/b12-9+. The van der Waals surface area contributed by atoms with Crippen LogP contribution in [0.1, 0.15) is 30.5 Å². The number of hydrogen-bond acceptors (Lipinski definition) is 5. The number of carbonyl (C=O) groups excluding carboxylic acids is 2. The van der Waals surface area contributed by atoms with Crippen molar-refractivity contribution in [1.82, 2.24) is 0 Å². The molecule has 0 atom stereocenters. The molecular formula is C23H27NO5. The second kappa shape index (κ2) is 10.9. The highest BCUT2D eigenvalue weighted by atomic mass is 16.5. The van der Waals surface area contributed by atoms with Gasteiger partial charge < -0.3 is 19.5 Å². The summed E-state index contributed by atoms with van der Waals surface area (Å²) in [7, 11) is 0. The predicted octanol–water partition coefficient (Wildman–Crippen LogP) is 4.30. The van der Waals surface area contributed by atoms with Gasteiger partial charge in [-0.25, -0.2) is 4.79 Å². The minimum absolute atomic E-state index is 0.357. The van der Waals surface area contributed by atoms with Crippen molar-refractivity contribution in [2.75, 3.05) is 25.1 Å². The van der Waals surface area contributed by atoms with Crippen molar-refractivity contribution >= 4 is 23.6 Å². The molecule has 6 nitrogen and oxygen atoms in total. The van der Waals surface area contributed by atoms with Gasteiger partial charge in [0.05, 0.1) is 13.2 Å². The molecule has 0 heterocycles. The van der Waals surface area contributed by atoms with Crippen LogP contribution < -0.4 is 14.8 Å². The summed E-state index contributed by atoms with van der Waals surface area (Å²) in [5, 5.41) is 2.74. The molecule has 1 N–H and O–H groups in total. The summed E-state index contributed by atoms with van der Waals surface area (Å²) in [6, 6.07) is 11.1. The van der Waals surface area contributed by atoms with Gasteiger partial charge in [0.2, 0.25) is 0 Å². The molecule has 0 saturated heterocycles. The second-order valence-corrected chi connectivity index (χ2v) is 6.38. The van der Waals surface area contributed by atoms with Crippen LogP contribution in [0.2, 0.25) is 0 Å². The van der Waals surface area contributed by atoms with E-state index in [2.05, 4.69) is 5.32 Å². The van der Waals surface area contributed by atoms with Crippen molar-refractivity contribution in [1.29, 1.82) is 0 Å². The molecule has 2 rings (SSSR count). The van der Waals surface area contributed by atoms with Crippen LogP contribution >= 0.6 is 0 Å². The van der Waals surface area contributed by atoms with Crippen molar-refractivity contribution in [3.63, 3.8) is 0 Å². The highest BCUT2D eigenvalue weighted by Crippen LogP contribution is 2.29. The molecule has 0 spiro atoms. The monoisotopic (exact) mass is 397 g/mol. The second-order valence-electron chi connectivity index (χ2n) is 6.38. The Morgan fingerprint density at radius 3 is 2.38 bits per heavy atom. The van der Waals surface area contributed by atoms with Crippen LogP contribution in [0.25, 0.3) is 6.08 Å². The zero-order valence-electron chi connectivity index (χ0n) is 17.3. The smallest absolute Gasteiger partial charge is 0.331 e. The Morgan fingerprint density at radius 1 is 0.966 bits per heavy atom. The van der Waals surface area contributed by atoms with E-state index in [0.29, 0.717) is 30.4 Å². The maximum absolute atomic E-state index is 12.0. The fourth-order valence-corrected chi connectivity index (χ4v) is 2.66. The molecule has 0 radical (unpaired) electrons. The summed E-state index contributed by atoms with van der Waals surface area (Å²) in [6.45, 7) is 8.36. The maximum Gasteiger partial charge on any atom is 0.331 e. The van der Waals surface area contributed by atoms with Gasteiger partial charge in [-0.3, -0.25) is 4.79 Å². The molecule has 0 aliphatic rings. The highest BCUT2D eigenvalue weighted by Gasteiger charge is 2.08. The maximum atomic E-state index is 12.0. The molecule has 0 aliphatic carbocycles. The molecular weight excluding hydrogens is 370 g/mol. The van der Waals surface area contributed by atoms with Gasteiger partial charge in [0, 0.05) is 11.8 Å². The zero-order chi connectivity index (χ0) is 21.2. The lowest BCUT2D eigenvalue weighted by Crippen LogP contribution is -2.20. The Balaban J connectivity index is 1.90. The molecule has 154 valence electrons. The number of carbonyl (C=O) groups is 2. The van der Waals surface area contributed by atoms with Crippen LogP contribution in [0.15, 0.2) is 42.5 Å².